The summed E-state index contributed by atoms with van der Waals surface area (Å²) in [6.07, 6.45) is 0.613. The zero-order valence-electron chi connectivity index (χ0n) is 11.8. The van der Waals surface area contributed by atoms with E-state index in [1.165, 1.54) is 0 Å². The van der Waals surface area contributed by atoms with Crippen LogP contribution in [0.15, 0.2) is 24.3 Å². The molecule has 0 spiro atoms. The van der Waals surface area contributed by atoms with Gasteiger partial charge < -0.3 is 14.6 Å². The number of hydrogen-bond donors (Lipinski definition) is 1. The van der Waals surface area contributed by atoms with Crippen LogP contribution in [0, 0.1) is 0 Å². The van der Waals surface area contributed by atoms with Crippen molar-refractivity contribution in [2.45, 2.75) is 45.3 Å². The Kier molecular flexibility index (Phi) is 6.36. The summed E-state index contributed by atoms with van der Waals surface area (Å²) >= 11 is 0. The van der Waals surface area contributed by atoms with E-state index in [0.29, 0.717) is 12.8 Å². The zero-order valence-corrected chi connectivity index (χ0v) is 11.8. The predicted molar refractivity (Wildman–Crippen MR) is 73.2 cm³/mol. The fourth-order valence-electron chi connectivity index (χ4n) is 1.82. The molecule has 0 aliphatic rings. The quantitative estimate of drug-likeness (QED) is 0.770. The van der Waals surface area contributed by atoms with E-state index < -0.39 is 12.1 Å². The summed E-state index contributed by atoms with van der Waals surface area (Å²) in [5.41, 5.74) is 1.08. The number of ether oxygens (including phenoxy) is 2. The highest BCUT2D eigenvalue weighted by molar-refractivity contribution is 5.74. The van der Waals surface area contributed by atoms with Crippen LogP contribution in [0.2, 0.25) is 0 Å². The molecule has 4 heteroatoms. The maximum atomic E-state index is 11.4. The number of aliphatic hydroxyl groups excluding tert-OH is 1. The SMILES string of the molecule is COc1ccccc1CCCC(O)C(=O)OC(C)C. The minimum Gasteiger partial charge on any atom is -0.496 e. The maximum absolute atomic E-state index is 11.4. The van der Waals surface area contributed by atoms with Crippen molar-refractivity contribution in [3.05, 3.63) is 29.8 Å². The van der Waals surface area contributed by atoms with Gasteiger partial charge in [-0.25, -0.2) is 4.79 Å². The van der Waals surface area contributed by atoms with E-state index in [-0.39, 0.29) is 6.10 Å². The third kappa shape index (κ3) is 5.30. The molecule has 1 unspecified atom stereocenters. The first-order valence-corrected chi connectivity index (χ1v) is 6.55. The number of para-hydroxylation sites is 1. The monoisotopic (exact) mass is 266 g/mol. The Balaban J connectivity index is 2.39. The van der Waals surface area contributed by atoms with Crippen molar-refractivity contribution in [3.63, 3.8) is 0 Å². The number of benzene rings is 1. The molecular weight excluding hydrogens is 244 g/mol. The summed E-state index contributed by atoms with van der Waals surface area (Å²) in [7, 11) is 1.63. The summed E-state index contributed by atoms with van der Waals surface area (Å²) in [5, 5.41) is 9.67. The van der Waals surface area contributed by atoms with Gasteiger partial charge in [-0.15, -0.1) is 0 Å². The number of esters is 1. The molecule has 1 aromatic carbocycles. The molecule has 1 rings (SSSR count). The van der Waals surface area contributed by atoms with Crippen LogP contribution >= 0.6 is 0 Å². The highest BCUT2D eigenvalue weighted by Crippen LogP contribution is 2.19. The number of rotatable bonds is 7. The average Bonchev–Trinajstić information content (AvgIpc) is 2.38. The molecule has 0 aliphatic heterocycles. The number of aryl methyl sites for hydroxylation is 1. The molecule has 0 bridgehead atoms. The fraction of sp³-hybridized carbons (Fsp3) is 0.533. The predicted octanol–water partition coefficient (Wildman–Crippen LogP) is 2.33. The Morgan fingerprint density at radius 2 is 2.00 bits per heavy atom. The van der Waals surface area contributed by atoms with Crippen molar-refractivity contribution < 1.29 is 19.4 Å². The van der Waals surface area contributed by atoms with Gasteiger partial charge in [0.15, 0.2) is 6.10 Å². The molecule has 0 amide bonds. The van der Waals surface area contributed by atoms with Gasteiger partial charge in [0.1, 0.15) is 5.75 Å². The van der Waals surface area contributed by atoms with E-state index in [2.05, 4.69) is 0 Å². The molecule has 106 valence electrons. The number of carbonyl (C=O) groups excluding carboxylic acids is 1. The lowest BCUT2D eigenvalue weighted by atomic mass is 10.1. The molecule has 0 saturated heterocycles. The van der Waals surface area contributed by atoms with Crippen LogP contribution in [0.4, 0.5) is 0 Å². The molecule has 0 saturated carbocycles. The summed E-state index contributed by atoms with van der Waals surface area (Å²) in [4.78, 5) is 11.4. The second-order valence-corrected chi connectivity index (χ2v) is 4.71. The van der Waals surface area contributed by atoms with Gasteiger partial charge in [-0.1, -0.05) is 18.2 Å². The van der Waals surface area contributed by atoms with Gasteiger partial charge in [0.2, 0.25) is 0 Å². The highest BCUT2D eigenvalue weighted by Gasteiger charge is 2.17. The topological polar surface area (TPSA) is 55.8 Å². The molecular formula is C15H22O4. The Morgan fingerprint density at radius 3 is 2.63 bits per heavy atom. The van der Waals surface area contributed by atoms with Gasteiger partial charge in [-0.2, -0.15) is 0 Å². The van der Waals surface area contributed by atoms with Gasteiger partial charge in [-0.3, -0.25) is 0 Å². The van der Waals surface area contributed by atoms with Gasteiger partial charge >= 0.3 is 5.97 Å². The third-order valence-corrected chi connectivity index (χ3v) is 2.74. The Hall–Kier alpha value is -1.55. The standard InChI is InChI=1S/C15H22O4/c1-11(2)19-15(17)13(16)9-6-8-12-7-4-5-10-14(12)18-3/h4-5,7,10-11,13,16H,6,8-9H2,1-3H3. The largest absolute Gasteiger partial charge is 0.496 e. The van der Waals surface area contributed by atoms with Gasteiger partial charge in [0.05, 0.1) is 13.2 Å². The summed E-state index contributed by atoms with van der Waals surface area (Å²) < 4.78 is 10.2. The number of methoxy groups -OCH3 is 1. The van der Waals surface area contributed by atoms with Crippen LogP contribution in [-0.2, 0) is 16.0 Å². The van der Waals surface area contributed by atoms with Crippen LogP contribution in [0.1, 0.15) is 32.3 Å². The Morgan fingerprint density at radius 1 is 1.32 bits per heavy atom. The normalized spacial score (nSPS) is 12.3. The van der Waals surface area contributed by atoms with Crippen LogP contribution in [-0.4, -0.2) is 30.4 Å². The minimum absolute atomic E-state index is 0.198. The molecule has 1 aromatic rings. The van der Waals surface area contributed by atoms with E-state index in [9.17, 15) is 9.90 Å². The zero-order chi connectivity index (χ0) is 14.3. The summed E-state index contributed by atoms with van der Waals surface area (Å²) in [6, 6.07) is 7.74. The average molecular weight is 266 g/mol. The molecule has 0 aliphatic carbocycles. The maximum Gasteiger partial charge on any atom is 0.335 e. The van der Waals surface area contributed by atoms with Crippen molar-refractivity contribution in [1.82, 2.24) is 0 Å². The van der Waals surface area contributed by atoms with E-state index >= 15 is 0 Å². The second kappa shape index (κ2) is 7.79. The second-order valence-electron chi connectivity index (χ2n) is 4.71. The molecule has 19 heavy (non-hydrogen) atoms. The van der Waals surface area contributed by atoms with Gasteiger partial charge in [-0.05, 0) is 44.7 Å². The van der Waals surface area contributed by atoms with Crippen molar-refractivity contribution in [3.8, 4) is 5.75 Å². The minimum atomic E-state index is -1.04. The molecule has 0 aromatic heterocycles. The first-order chi connectivity index (χ1) is 9.04. The Bertz CT molecular complexity index is 401. The van der Waals surface area contributed by atoms with Gasteiger partial charge in [0.25, 0.3) is 0 Å². The molecule has 1 atom stereocenters. The number of aliphatic hydroxyl groups is 1. The first-order valence-electron chi connectivity index (χ1n) is 6.55. The van der Waals surface area contributed by atoms with E-state index in [1.54, 1.807) is 21.0 Å². The van der Waals surface area contributed by atoms with Crippen molar-refractivity contribution in [2.75, 3.05) is 7.11 Å². The molecule has 1 N–H and O–H groups in total. The smallest absolute Gasteiger partial charge is 0.335 e. The lowest BCUT2D eigenvalue weighted by molar-refractivity contribution is -0.157. The molecule has 4 nitrogen and oxygen atoms in total. The Labute approximate surface area is 114 Å². The summed E-state index contributed by atoms with van der Waals surface area (Å²) in [5.74, 6) is 0.289. The molecule has 0 radical (unpaired) electrons. The lowest BCUT2D eigenvalue weighted by Crippen LogP contribution is -2.25. The van der Waals surface area contributed by atoms with Crippen LogP contribution in [0.25, 0.3) is 0 Å². The van der Waals surface area contributed by atoms with E-state index in [1.807, 2.05) is 24.3 Å². The van der Waals surface area contributed by atoms with E-state index in [4.69, 9.17) is 9.47 Å². The van der Waals surface area contributed by atoms with Crippen molar-refractivity contribution >= 4 is 5.97 Å². The molecule has 0 heterocycles. The van der Waals surface area contributed by atoms with Crippen molar-refractivity contribution in [2.24, 2.45) is 0 Å². The van der Waals surface area contributed by atoms with Crippen LogP contribution < -0.4 is 4.74 Å². The highest BCUT2D eigenvalue weighted by atomic mass is 16.6. The van der Waals surface area contributed by atoms with E-state index in [0.717, 1.165) is 17.7 Å². The van der Waals surface area contributed by atoms with Crippen LogP contribution in [0.5, 0.6) is 5.75 Å². The third-order valence-electron chi connectivity index (χ3n) is 2.74. The van der Waals surface area contributed by atoms with Gasteiger partial charge in [0, 0.05) is 0 Å². The number of carbonyl (C=O) groups is 1. The summed E-state index contributed by atoms with van der Waals surface area (Å²) in [6.45, 7) is 3.53. The number of hydrogen-bond acceptors (Lipinski definition) is 4. The van der Waals surface area contributed by atoms with Crippen molar-refractivity contribution in [1.29, 1.82) is 0 Å². The first kappa shape index (κ1) is 15.5. The lowest BCUT2D eigenvalue weighted by Gasteiger charge is -2.13. The fourth-order valence-corrected chi connectivity index (χ4v) is 1.82. The molecule has 0 fully saturated rings. The van der Waals surface area contributed by atoms with Crippen LogP contribution in [0.3, 0.4) is 0 Å².